The first-order valence-electron chi connectivity index (χ1n) is 5.00. The van der Waals surface area contributed by atoms with E-state index in [9.17, 15) is 17.6 Å². The highest BCUT2D eigenvalue weighted by molar-refractivity contribution is 7.99. The van der Waals surface area contributed by atoms with Gasteiger partial charge in [0.15, 0.2) is 5.69 Å². The number of alkyl halides is 3. The summed E-state index contributed by atoms with van der Waals surface area (Å²) in [6.07, 6.45) is -4.59. The molecule has 1 aromatic carbocycles. The van der Waals surface area contributed by atoms with Crippen molar-refractivity contribution < 1.29 is 17.6 Å². The van der Waals surface area contributed by atoms with Crippen LogP contribution in [-0.2, 0) is 6.18 Å². The number of nitrogen functional groups attached to an aromatic ring is 1. The van der Waals surface area contributed by atoms with Crippen LogP contribution in [0.15, 0.2) is 40.3 Å². The molecule has 2 rings (SSSR count). The molecule has 0 fully saturated rings. The smallest absolute Gasteiger partial charge is 0.368 e. The first-order valence-corrected chi connectivity index (χ1v) is 5.81. The zero-order chi connectivity index (χ0) is 14.0. The van der Waals surface area contributed by atoms with Crippen molar-refractivity contribution in [2.75, 3.05) is 5.73 Å². The lowest BCUT2D eigenvalue weighted by Crippen LogP contribution is -2.11. The van der Waals surface area contributed by atoms with E-state index < -0.39 is 23.6 Å². The lowest BCUT2D eigenvalue weighted by Gasteiger charge is -2.08. The second-order valence-electron chi connectivity index (χ2n) is 3.50. The first-order chi connectivity index (χ1) is 8.84. The molecule has 0 atom stereocenters. The quantitative estimate of drug-likeness (QED) is 0.680. The molecule has 0 unspecified atom stereocenters. The Bertz CT molecular complexity index is 583. The molecule has 8 heteroatoms. The van der Waals surface area contributed by atoms with E-state index in [1.54, 1.807) is 0 Å². The second-order valence-corrected chi connectivity index (χ2v) is 4.60. The summed E-state index contributed by atoms with van der Waals surface area (Å²) in [6.45, 7) is 0. The van der Waals surface area contributed by atoms with Crippen LogP contribution in [0.1, 0.15) is 5.69 Å². The average Bonchev–Trinajstić information content (AvgIpc) is 2.30. The maximum absolute atomic E-state index is 12.7. The maximum Gasteiger partial charge on any atom is 0.433 e. The van der Waals surface area contributed by atoms with Gasteiger partial charge in [-0.3, -0.25) is 0 Å². The molecule has 0 spiro atoms. The van der Waals surface area contributed by atoms with Gasteiger partial charge >= 0.3 is 6.18 Å². The second kappa shape index (κ2) is 5.04. The Morgan fingerprint density at radius 1 is 1.05 bits per heavy atom. The van der Waals surface area contributed by atoms with Crippen LogP contribution in [0.3, 0.4) is 0 Å². The van der Waals surface area contributed by atoms with Gasteiger partial charge in [0.25, 0.3) is 0 Å². The summed E-state index contributed by atoms with van der Waals surface area (Å²) in [5.74, 6) is -0.887. The topological polar surface area (TPSA) is 51.8 Å². The molecule has 0 radical (unpaired) electrons. The lowest BCUT2D eigenvalue weighted by molar-refractivity contribution is -0.141. The van der Waals surface area contributed by atoms with Crippen LogP contribution in [0, 0.1) is 5.82 Å². The molecule has 0 aliphatic carbocycles. The zero-order valence-corrected chi connectivity index (χ0v) is 10.1. The molecule has 100 valence electrons. The normalized spacial score (nSPS) is 11.6. The summed E-state index contributed by atoms with van der Waals surface area (Å²) in [5, 5.41) is 0.0476. The van der Waals surface area contributed by atoms with Crippen LogP contribution < -0.4 is 5.73 Å². The molecule has 19 heavy (non-hydrogen) atoms. The SMILES string of the molecule is Nc1nc(Sc2ccc(F)cc2)cc(C(F)(F)F)n1. The van der Waals surface area contributed by atoms with Crippen molar-refractivity contribution in [2.24, 2.45) is 0 Å². The highest BCUT2D eigenvalue weighted by Crippen LogP contribution is 2.32. The minimum absolute atomic E-state index is 0.0476. The van der Waals surface area contributed by atoms with E-state index in [-0.39, 0.29) is 5.03 Å². The predicted molar refractivity (Wildman–Crippen MR) is 62.0 cm³/mol. The molecule has 0 saturated carbocycles. The van der Waals surface area contributed by atoms with Gasteiger partial charge in [-0.1, -0.05) is 11.8 Å². The number of rotatable bonds is 2. The number of aromatic nitrogens is 2. The van der Waals surface area contributed by atoms with Crippen LogP contribution in [0.25, 0.3) is 0 Å². The number of benzene rings is 1. The fourth-order valence-electron chi connectivity index (χ4n) is 1.26. The molecule has 0 amide bonds. The summed E-state index contributed by atoms with van der Waals surface area (Å²) < 4.78 is 50.3. The van der Waals surface area contributed by atoms with E-state index in [1.807, 2.05) is 0 Å². The van der Waals surface area contributed by atoms with Crippen LogP contribution >= 0.6 is 11.8 Å². The molecule has 2 aromatic rings. The van der Waals surface area contributed by atoms with Gasteiger partial charge in [-0.15, -0.1) is 0 Å². The number of nitrogens with zero attached hydrogens (tertiary/aromatic N) is 2. The number of anilines is 1. The molecule has 0 saturated heterocycles. The molecule has 2 N–H and O–H groups in total. The number of halogens is 4. The third-order valence-electron chi connectivity index (χ3n) is 2.05. The Labute approximate surface area is 109 Å². The third kappa shape index (κ3) is 3.57. The minimum atomic E-state index is -4.59. The summed E-state index contributed by atoms with van der Waals surface area (Å²) in [5.41, 5.74) is 4.13. The van der Waals surface area contributed by atoms with E-state index in [4.69, 9.17) is 5.73 Å². The highest BCUT2D eigenvalue weighted by Gasteiger charge is 2.33. The average molecular weight is 289 g/mol. The van der Waals surface area contributed by atoms with Gasteiger partial charge in [0.2, 0.25) is 5.95 Å². The molecule has 1 heterocycles. The Kier molecular flexibility index (Phi) is 3.61. The van der Waals surface area contributed by atoms with E-state index in [2.05, 4.69) is 9.97 Å². The van der Waals surface area contributed by atoms with Crippen LogP contribution in [0.5, 0.6) is 0 Å². The minimum Gasteiger partial charge on any atom is -0.368 e. The molecular formula is C11H7F4N3S. The van der Waals surface area contributed by atoms with Gasteiger partial charge in [-0.25, -0.2) is 14.4 Å². The fraction of sp³-hybridized carbons (Fsp3) is 0.0909. The number of nitrogens with two attached hydrogens (primary N) is 1. The van der Waals surface area contributed by atoms with E-state index in [1.165, 1.54) is 24.3 Å². The van der Waals surface area contributed by atoms with Gasteiger partial charge < -0.3 is 5.73 Å². The Hall–Kier alpha value is -1.83. The lowest BCUT2D eigenvalue weighted by atomic mass is 10.4. The third-order valence-corrected chi connectivity index (χ3v) is 2.97. The van der Waals surface area contributed by atoms with Crippen molar-refractivity contribution in [1.29, 1.82) is 0 Å². The predicted octanol–water partition coefficient (Wildman–Crippen LogP) is 3.37. The Balaban J connectivity index is 2.30. The van der Waals surface area contributed by atoms with Gasteiger partial charge in [0.1, 0.15) is 10.8 Å². The summed E-state index contributed by atoms with van der Waals surface area (Å²) in [6, 6.07) is 6.08. The van der Waals surface area contributed by atoms with Crippen molar-refractivity contribution in [1.82, 2.24) is 9.97 Å². The van der Waals surface area contributed by atoms with Crippen molar-refractivity contribution in [2.45, 2.75) is 16.1 Å². The molecular weight excluding hydrogens is 282 g/mol. The van der Waals surface area contributed by atoms with E-state index in [0.717, 1.165) is 17.8 Å². The summed E-state index contributed by atoms with van der Waals surface area (Å²) >= 11 is 0.943. The van der Waals surface area contributed by atoms with Crippen molar-refractivity contribution in [3.63, 3.8) is 0 Å². The van der Waals surface area contributed by atoms with Gasteiger partial charge in [0, 0.05) is 11.0 Å². The first kappa shape index (κ1) is 13.6. The molecule has 0 aliphatic rings. The Morgan fingerprint density at radius 3 is 2.26 bits per heavy atom. The Morgan fingerprint density at radius 2 is 1.68 bits per heavy atom. The van der Waals surface area contributed by atoms with Crippen molar-refractivity contribution in [3.8, 4) is 0 Å². The van der Waals surface area contributed by atoms with Crippen LogP contribution in [0.4, 0.5) is 23.5 Å². The van der Waals surface area contributed by atoms with Gasteiger partial charge in [0.05, 0.1) is 0 Å². The molecule has 3 nitrogen and oxygen atoms in total. The number of hydrogen-bond donors (Lipinski definition) is 1. The molecule has 0 bridgehead atoms. The number of hydrogen-bond acceptors (Lipinski definition) is 4. The van der Waals surface area contributed by atoms with Crippen LogP contribution in [0.2, 0.25) is 0 Å². The summed E-state index contributed by atoms with van der Waals surface area (Å²) in [4.78, 5) is 7.38. The van der Waals surface area contributed by atoms with Crippen molar-refractivity contribution in [3.05, 3.63) is 41.8 Å². The zero-order valence-electron chi connectivity index (χ0n) is 9.28. The van der Waals surface area contributed by atoms with E-state index in [0.29, 0.717) is 4.90 Å². The van der Waals surface area contributed by atoms with Crippen molar-refractivity contribution >= 4 is 17.7 Å². The standard InChI is InChI=1S/C11H7F4N3S/c12-6-1-3-7(4-2-6)19-9-5-8(11(13,14)15)17-10(16)18-9/h1-5H,(H2,16,17,18). The monoisotopic (exact) mass is 289 g/mol. The summed E-state index contributed by atoms with van der Waals surface area (Å²) in [7, 11) is 0. The van der Waals surface area contributed by atoms with E-state index >= 15 is 0 Å². The largest absolute Gasteiger partial charge is 0.433 e. The molecule has 1 aromatic heterocycles. The fourth-order valence-corrected chi connectivity index (χ4v) is 2.09. The molecule has 0 aliphatic heterocycles. The maximum atomic E-state index is 12.7. The van der Waals surface area contributed by atoms with Gasteiger partial charge in [-0.05, 0) is 24.3 Å². The highest BCUT2D eigenvalue weighted by atomic mass is 32.2. The van der Waals surface area contributed by atoms with Gasteiger partial charge in [-0.2, -0.15) is 13.2 Å². The van der Waals surface area contributed by atoms with Crippen LogP contribution in [-0.4, -0.2) is 9.97 Å².